The molecule has 1 aromatic rings. The molecular formula is C16H23F2N3O3S. The molecule has 2 rings (SSSR count). The van der Waals surface area contributed by atoms with Crippen LogP contribution >= 0.6 is 0 Å². The first-order chi connectivity index (χ1) is 11.7. The van der Waals surface area contributed by atoms with Crippen molar-refractivity contribution in [2.45, 2.75) is 37.1 Å². The lowest BCUT2D eigenvalue weighted by Gasteiger charge is -2.38. The maximum atomic E-state index is 13.2. The SMILES string of the molecule is CC1CCN(C(=O)CCNS(=O)(=O)c2ccc(F)c(F)c2)C(CN)C1. The van der Waals surface area contributed by atoms with E-state index in [4.69, 9.17) is 5.73 Å². The number of halogens is 2. The van der Waals surface area contributed by atoms with Gasteiger partial charge in [0, 0.05) is 32.1 Å². The van der Waals surface area contributed by atoms with Gasteiger partial charge < -0.3 is 10.6 Å². The molecule has 2 unspecified atom stereocenters. The number of hydrogen-bond donors (Lipinski definition) is 2. The Kier molecular flexibility index (Phi) is 6.47. The van der Waals surface area contributed by atoms with Crippen molar-refractivity contribution >= 4 is 15.9 Å². The third-order valence-electron chi connectivity index (χ3n) is 4.40. The van der Waals surface area contributed by atoms with E-state index in [2.05, 4.69) is 11.6 Å². The fourth-order valence-corrected chi connectivity index (χ4v) is 4.01. The Bertz CT molecular complexity index is 727. The number of rotatable bonds is 6. The summed E-state index contributed by atoms with van der Waals surface area (Å²) < 4.78 is 52.5. The normalized spacial score (nSPS) is 21.4. The number of sulfonamides is 1. The molecule has 0 bridgehead atoms. The Morgan fingerprint density at radius 2 is 2.08 bits per heavy atom. The number of hydrogen-bond acceptors (Lipinski definition) is 4. The molecule has 1 saturated heterocycles. The molecule has 1 aromatic carbocycles. The zero-order valence-corrected chi connectivity index (χ0v) is 14.9. The summed E-state index contributed by atoms with van der Waals surface area (Å²) in [6, 6.07) is 2.30. The van der Waals surface area contributed by atoms with E-state index in [1.165, 1.54) is 0 Å². The van der Waals surface area contributed by atoms with Crippen LogP contribution < -0.4 is 10.5 Å². The second-order valence-electron chi connectivity index (χ2n) is 6.33. The van der Waals surface area contributed by atoms with E-state index in [0.29, 0.717) is 25.1 Å². The highest BCUT2D eigenvalue weighted by molar-refractivity contribution is 7.89. The van der Waals surface area contributed by atoms with Gasteiger partial charge in [-0.05, 0) is 37.0 Å². The molecule has 1 aliphatic heterocycles. The number of carbonyl (C=O) groups is 1. The minimum Gasteiger partial charge on any atom is -0.338 e. The molecule has 9 heteroatoms. The largest absolute Gasteiger partial charge is 0.338 e. The van der Waals surface area contributed by atoms with Crippen molar-refractivity contribution in [3.05, 3.63) is 29.8 Å². The molecule has 1 heterocycles. The van der Waals surface area contributed by atoms with Gasteiger partial charge in [0.1, 0.15) is 0 Å². The van der Waals surface area contributed by atoms with Gasteiger partial charge in [0.25, 0.3) is 0 Å². The molecule has 6 nitrogen and oxygen atoms in total. The van der Waals surface area contributed by atoms with Crippen LogP contribution in [-0.4, -0.2) is 44.9 Å². The van der Waals surface area contributed by atoms with Crippen LogP contribution in [0, 0.1) is 17.6 Å². The van der Waals surface area contributed by atoms with Crippen LogP contribution in [0.2, 0.25) is 0 Å². The Hall–Kier alpha value is -1.58. The molecule has 0 aromatic heterocycles. The van der Waals surface area contributed by atoms with Crippen molar-refractivity contribution in [2.75, 3.05) is 19.6 Å². The van der Waals surface area contributed by atoms with Gasteiger partial charge in [-0.2, -0.15) is 0 Å². The lowest BCUT2D eigenvalue weighted by Crippen LogP contribution is -2.49. The maximum Gasteiger partial charge on any atom is 0.240 e. The van der Waals surface area contributed by atoms with Crippen molar-refractivity contribution < 1.29 is 22.0 Å². The molecule has 25 heavy (non-hydrogen) atoms. The summed E-state index contributed by atoms with van der Waals surface area (Å²) in [4.78, 5) is 13.6. The van der Waals surface area contributed by atoms with Crippen molar-refractivity contribution in [1.82, 2.24) is 9.62 Å². The van der Waals surface area contributed by atoms with Crippen molar-refractivity contribution in [3.8, 4) is 0 Å². The van der Waals surface area contributed by atoms with E-state index in [0.717, 1.165) is 25.0 Å². The molecule has 140 valence electrons. The molecule has 0 saturated carbocycles. The molecule has 1 aliphatic rings. The number of piperidine rings is 1. The molecule has 0 spiro atoms. The Morgan fingerprint density at radius 3 is 2.72 bits per heavy atom. The molecule has 0 radical (unpaired) electrons. The van der Waals surface area contributed by atoms with Crippen molar-refractivity contribution in [1.29, 1.82) is 0 Å². The first-order valence-electron chi connectivity index (χ1n) is 8.19. The minimum atomic E-state index is -4.01. The third-order valence-corrected chi connectivity index (χ3v) is 5.86. The van der Waals surface area contributed by atoms with Gasteiger partial charge in [0.05, 0.1) is 4.90 Å². The lowest BCUT2D eigenvalue weighted by molar-refractivity contribution is -0.135. The van der Waals surface area contributed by atoms with Gasteiger partial charge in [0.15, 0.2) is 11.6 Å². The smallest absolute Gasteiger partial charge is 0.240 e. The Morgan fingerprint density at radius 1 is 1.36 bits per heavy atom. The third kappa shape index (κ3) is 4.96. The molecule has 0 aliphatic carbocycles. The fraction of sp³-hybridized carbons (Fsp3) is 0.562. The quantitative estimate of drug-likeness (QED) is 0.782. The van der Waals surface area contributed by atoms with Crippen LogP contribution in [0.1, 0.15) is 26.2 Å². The van der Waals surface area contributed by atoms with Gasteiger partial charge in [-0.3, -0.25) is 4.79 Å². The highest BCUT2D eigenvalue weighted by Crippen LogP contribution is 2.22. The van der Waals surface area contributed by atoms with E-state index in [1.807, 2.05) is 0 Å². The second-order valence-corrected chi connectivity index (χ2v) is 8.10. The van der Waals surface area contributed by atoms with Crippen LogP contribution in [0.5, 0.6) is 0 Å². The monoisotopic (exact) mass is 375 g/mol. The highest BCUT2D eigenvalue weighted by atomic mass is 32.2. The summed E-state index contributed by atoms with van der Waals surface area (Å²) >= 11 is 0. The Balaban J connectivity index is 1.92. The number of amides is 1. The van der Waals surface area contributed by atoms with E-state index in [1.54, 1.807) is 4.90 Å². The van der Waals surface area contributed by atoms with Crippen LogP contribution in [0.3, 0.4) is 0 Å². The van der Waals surface area contributed by atoms with E-state index in [9.17, 15) is 22.0 Å². The predicted molar refractivity (Wildman–Crippen MR) is 89.1 cm³/mol. The molecule has 3 N–H and O–H groups in total. The van der Waals surface area contributed by atoms with E-state index < -0.39 is 21.7 Å². The summed E-state index contributed by atoms with van der Waals surface area (Å²) in [6.07, 6.45) is 1.71. The van der Waals surface area contributed by atoms with Crippen LogP contribution in [-0.2, 0) is 14.8 Å². The summed E-state index contributed by atoms with van der Waals surface area (Å²) in [6.45, 7) is 2.97. The Labute approximate surface area is 146 Å². The van der Waals surface area contributed by atoms with E-state index in [-0.39, 0.29) is 29.8 Å². The first-order valence-corrected chi connectivity index (χ1v) is 9.67. The van der Waals surface area contributed by atoms with Gasteiger partial charge in [-0.15, -0.1) is 0 Å². The zero-order chi connectivity index (χ0) is 18.6. The number of carbonyl (C=O) groups excluding carboxylic acids is 1. The first kappa shape index (κ1) is 19.7. The van der Waals surface area contributed by atoms with Crippen molar-refractivity contribution in [3.63, 3.8) is 0 Å². The average molecular weight is 375 g/mol. The number of nitrogens with two attached hydrogens (primary N) is 1. The summed E-state index contributed by atoms with van der Waals surface area (Å²) in [5.41, 5.74) is 5.72. The zero-order valence-electron chi connectivity index (χ0n) is 14.0. The number of nitrogens with zero attached hydrogens (tertiary/aromatic N) is 1. The van der Waals surface area contributed by atoms with Gasteiger partial charge >= 0.3 is 0 Å². The van der Waals surface area contributed by atoms with Gasteiger partial charge in [-0.1, -0.05) is 6.92 Å². The topological polar surface area (TPSA) is 92.5 Å². The number of benzene rings is 1. The number of likely N-dealkylation sites (tertiary alicyclic amines) is 1. The fourth-order valence-electron chi connectivity index (χ4n) is 2.97. The van der Waals surface area contributed by atoms with Crippen LogP contribution in [0.25, 0.3) is 0 Å². The van der Waals surface area contributed by atoms with Crippen molar-refractivity contribution in [2.24, 2.45) is 11.7 Å². The standard InChI is InChI=1S/C16H23F2N3O3S/c1-11-5-7-21(12(8-11)10-19)16(22)4-6-20-25(23,24)13-2-3-14(17)15(18)9-13/h2-3,9,11-12,20H,4-8,10,19H2,1H3. The van der Waals surface area contributed by atoms with Crippen LogP contribution in [0.4, 0.5) is 8.78 Å². The van der Waals surface area contributed by atoms with Gasteiger partial charge in [-0.25, -0.2) is 21.9 Å². The number of nitrogens with one attached hydrogen (secondary N) is 1. The minimum absolute atomic E-state index is 0.0201. The van der Waals surface area contributed by atoms with Gasteiger partial charge in [0.2, 0.25) is 15.9 Å². The summed E-state index contributed by atoms with van der Waals surface area (Å²) in [7, 11) is -4.01. The molecule has 1 amide bonds. The summed E-state index contributed by atoms with van der Waals surface area (Å²) in [5.74, 6) is -2.03. The maximum absolute atomic E-state index is 13.2. The lowest BCUT2D eigenvalue weighted by atomic mass is 9.92. The molecule has 1 fully saturated rings. The predicted octanol–water partition coefficient (Wildman–Crippen LogP) is 1.22. The highest BCUT2D eigenvalue weighted by Gasteiger charge is 2.28. The summed E-state index contributed by atoms with van der Waals surface area (Å²) in [5, 5.41) is 0. The second kappa shape index (κ2) is 8.20. The molecule has 2 atom stereocenters. The van der Waals surface area contributed by atoms with E-state index >= 15 is 0 Å². The molecular weight excluding hydrogens is 352 g/mol. The van der Waals surface area contributed by atoms with Crippen LogP contribution in [0.15, 0.2) is 23.1 Å². The average Bonchev–Trinajstić information content (AvgIpc) is 2.56.